The molecular weight excluding hydrogens is 226 g/mol. The minimum Gasteiger partial charge on any atom is -0.480 e. The summed E-state index contributed by atoms with van der Waals surface area (Å²) in [4.78, 5) is 35.4. The van der Waals surface area contributed by atoms with E-state index in [-0.39, 0.29) is 19.0 Å². The Balaban J connectivity index is 4.60. The predicted octanol–water partition coefficient (Wildman–Crippen LogP) is -0.434. The number of hydrogen-bond donors (Lipinski definition) is 2. The number of primary amides is 1. The number of carboxylic acid groups (broad SMARTS) is 1. The predicted molar refractivity (Wildman–Crippen MR) is 61.3 cm³/mol. The molecule has 3 amide bonds. The minimum absolute atomic E-state index is 0.139. The van der Waals surface area contributed by atoms with Gasteiger partial charge in [0.15, 0.2) is 0 Å². The van der Waals surface area contributed by atoms with Crippen molar-refractivity contribution >= 4 is 17.9 Å². The Morgan fingerprint density at radius 1 is 1.24 bits per heavy atom. The molecule has 0 saturated carbocycles. The van der Waals surface area contributed by atoms with Gasteiger partial charge in [-0.25, -0.2) is 4.79 Å². The van der Waals surface area contributed by atoms with Crippen molar-refractivity contribution < 1.29 is 19.5 Å². The molecule has 0 rings (SSSR count). The number of likely N-dealkylation sites (N-methyl/N-ethyl adjacent to an activating group) is 1. The highest BCUT2D eigenvalue weighted by molar-refractivity contribution is 5.84. The van der Waals surface area contributed by atoms with Gasteiger partial charge >= 0.3 is 12.0 Å². The third kappa shape index (κ3) is 6.39. The highest BCUT2D eigenvalue weighted by atomic mass is 16.4. The standard InChI is InChI=1S/C10H19N3O4/c1-7(2)4-13(6-9(15)16)10(17)12(3)5-8(11)14/h7H,4-6H2,1-3H3,(H2,11,14)(H,15,16). The topological polar surface area (TPSA) is 104 Å². The molecule has 7 heteroatoms. The summed E-state index contributed by atoms with van der Waals surface area (Å²) in [5, 5.41) is 8.71. The lowest BCUT2D eigenvalue weighted by Crippen LogP contribution is -2.47. The fourth-order valence-corrected chi connectivity index (χ4v) is 1.36. The van der Waals surface area contributed by atoms with E-state index in [2.05, 4.69) is 0 Å². The molecule has 3 N–H and O–H groups in total. The van der Waals surface area contributed by atoms with E-state index in [1.54, 1.807) is 0 Å². The molecule has 0 aromatic heterocycles. The number of carbonyl (C=O) groups excluding carboxylic acids is 2. The van der Waals surface area contributed by atoms with Crippen LogP contribution in [-0.4, -0.2) is 59.5 Å². The zero-order valence-corrected chi connectivity index (χ0v) is 10.3. The van der Waals surface area contributed by atoms with E-state index in [0.29, 0.717) is 6.54 Å². The highest BCUT2D eigenvalue weighted by Crippen LogP contribution is 2.02. The maximum absolute atomic E-state index is 11.8. The van der Waals surface area contributed by atoms with Gasteiger partial charge in [-0.2, -0.15) is 0 Å². The first-order valence-corrected chi connectivity index (χ1v) is 5.24. The van der Waals surface area contributed by atoms with E-state index >= 15 is 0 Å². The fourth-order valence-electron chi connectivity index (χ4n) is 1.36. The SMILES string of the molecule is CC(C)CN(CC(=O)O)C(=O)N(C)CC(N)=O. The molecule has 0 saturated heterocycles. The number of urea groups is 1. The molecule has 0 aliphatic rings. The second-order valence-corrected chi connectivity index (χ2v) is 4.27. The van der Waals surface area contributed by atoms with Crippen LogP contribution in [0.1, 0.15) is 13.8 Å². The molecule has 0 radical (unpaired) electrons. The van der Waals surface area contributed by atoms with E-state index in [1.807, 2.05) is 13.8 Å². The quantitative estimate of drug-likeness (QED) is 0.662. The molecule has 0 heterocycles. The smallest absolute Gasteiger partial charge is 0.323 e. The van der Waals surface area contributed by atoms with Crippen molar-refractivity contribution in [3.63, 3.8) is 0 Å². The van der Waals surface area contributed by atoms with Crippen molar-refractivity contribution in [1.82, 2.24) is 9.80 Å². The van der Waals surface area contributed by atoms with Crippen molar-refractivity contribution in [2.75, 3.05) is 26.7 Å². The number of aliphatic carboxylic acids is 1. The zero-order valence-electron chi connectivity index (χ0n) is 10.3. The van der Waals surface area contributed by atoms with Gasteiger partial charge in [0.1, 0.15) is 13.1 Å². The van der Waals surface area contributed by atoms with Crippen LogP contribution < -0.4 is 5.73 Å². The van der Waals surface area contributed by atoms with Crippen molar-refractivity contribution in [2.45, 2.75) is 13.8 Å². The van der Waals surface area contributed by atoms with E-state index in [0.717, 1.165) is 4.90 Å². The Morgan fingerprint density at radius 3 is 2.12 bits per heavy atom. The van der Waals surface area contributed by atoms with Crippen LogP contribution in [0, 0.1) is 5.92 Å². The van der Waals surface area contributed by atoms with Crippen LogP contribution in [0.4, 0.5) is 4.79 Å². The first-order chi connectivity index (χ1) is 7.73. The molecule has 0 spiro atoms. The minimum atomic E-state index is -1.09. The zero-order chi connectivity index (χ0) is 13.6. The maximum Gasteiger partial charge on any atom is 0.323 e. The summed E-state index contributed by atoms with van der Waals surface area (Å²) in [5.41, 5.74) is 4.97. The molecule has 0 aromatic rings. The van der Waals surface area contributed by atoms with Crippen LogP contribution in [0.15, 0.2) is 0 Å². The number of nitrogens with two attached hydrogens (primary N) is 1. The molecule has 0 aliphatic carbocycles. The third-order valence-electron chi connectivity index (χ3n) is 1.90. The Morgan fingerprint density at radius 2 is 1.76 bits per heavy atom. The summed E-state index contributed by atoms with van der Waals surface area (Å²) < 4.78 is 0. The van der Waals surface area contributed by atoms with E-state index < -0.39 is 17.9 Å². The average molecular weight is 245 g/mol. The summed E-state index contributed by atoms with van der Waals surface area (Å²) >= 11 is 0. The Labute approximate surface area is 100 Å². The molecule has 7 nitrogen and oxygen atoms in total. The van der Waals surface area contributed by atoms with Crippen LogP contribution >= 0.6 is 0 Å². The summed E-state index contributed by atoms with van der Waals surface area (Å²) in [5.74, 6) is -1.59. The lowest BCUT2D eigenvalue weighted by molar-refractivity contribution is -0.137. The summed E-state index contributed by atoms with van der Waals surface area (Å²) in [6.07, 6.45) is 0. The molecule has 0 bridgehead atoms. The van der Waals surface area contributed by atoms with Gasteiger partial charge < -0.3 is 20.6 Å². The molecular formula is C10H19N3O4. The molecule has 0 atom stereocenters. The van der Waals surface area contributed by atoms with Gasteiger partial charge in [0.2, 0.25) is 5.91 Å². The number of amides is 3. The van der Waals surface area contributed by atoms with Crippen LogP contribution in [0.3, 0.4) is 0 Å². The Hall–Kier alpha value is -1.79. The van der Waals surface area contributed by atoms with E-state index in [9.17, 15) is 14.4 Å². The van der Waals surface area contributed by atoms with E-state index in [1.165, 1.54) is 11.9 Å². The van der Waals surface area contributed by atoms with Gasteiger partial charge in [0.25, 0.3) is 0 Å². The van der Waals surface area contributed by atoms with Crippen LogP contribution in [0.2, 0.25) is 0 Å². The lowest BCUT2D eigenvalue weighted by Gasteiger charge is -2.27. The third-order valence-corrected chi connectivity index (χ3v) is 1.90. The van der Waals surface area contributed by atoms with Gasteiger partial charge in [-0.3, -0.25) is 9.59 Å². The van der Waals surface area contributed by atoms with Crippen LogP contribution in [0.25, 0.3) is 0 Å². The van der Waals surface area contributed by atoms with Crippen molar-refractivity contribution in [1.29, 1.82) is 0 Å². The first kappa shape index (κ1) is 15.2. The van der Waals surface area contributed by atoms with Gasteiger partial charge in [-0.05, 0) is 5.92 Å². The summed E-state index contributed by atoms with van der Waals surface area (Å²) in [6.45, 7) is 3.44. The number of carboxylic acids is 1. The Bertz CT molecular complexity index is 304. The first-order valence-electron chi connectivity index (χ1n) is 5.24. The monoisotopic (exact) mass is 245 g/mol. The largest absolute Gasteiger partial charge is 0.480 e. The van der Waals surface area contributed by atoms with Crippen molar-refractivity contribution in [3.8, 4) is 0 Å². The molecule has 0 aromatic carbocycles. The molecule has 17 heavy (non-hydrogen) atoms. The number of carbonyl (C=O) groups is 3. The second-order valence-electron chi connectivity index (χ2n) is 4.27. The average Bonchev–Trinajstić information content (AvgIpc) is 2.12. The number of nitrogens with zero attached hydrogens (tertiary/aromatic N) is 2. The molecule has 0 fully saturated rings. The second kappa shape index (κ2) is 6.72. The van der Waals surface area contributed by atoms with Crippen molar-refractivity contribution in [3.05, 3.63) is 0 Å². The van der Waals surface area contributed by atoms with Gasteiger partial charge in [-0.1, -0.05) is 13.8 Å². The number of rotatable bonds is 6. The fraction of sp³-hybridized carbons (Fsp3) is 0.700. The van der Waals surface area contributed by atoms with Crippen LogP contribution in [0.5, 0.6) is 0 Å². The molecule has 98 valence electrons. The summed E-state index contributed by atoms with van der Waals surface area (Å²) in [6, 6.07) is -0.514. The van der Waals surface area contributed by atoms with Gasteiger partial charge in [0.05, 0.1) is 0 Å². The summed E-state index contributed by atoms with van der Waals surface area (Å²) in [7, 11) is 1.41. The van der Waals surface area contributed by atoms with E-state index in [4.69, 9.17) is 10.8 Å². The van der Waals surface area contributed by atoms with Crippen molar-refractivity contribution in [2.24, 2.45) is 11.7 Å². The van der Waals surface area contributed by atoms with Crippen LogP contribution in [-0.2, 0) is 9.59 Å². The molecule has 0 aliphatic heterocycles. The Kier molecular flexibility index (Phi) is 6.01. The maximum atomic E-state index is 11.8. The lowest BCUT2D eigenvalue weighted by atomic mass is 10.2. The molecule has 0 unspecified atom stereocenters. The number of hydrogen-bond acceptors (Lipinski definition) is 3. The van der Waals surface area contributed by atoms with Gasteiger partial charge in [0, 0.05) is 13.6 Å². The normalized spacial score (nSPS) is 10.1. The van der Waals surface area contributed by atoms with Gasteiger partial charge in [-0.15, -0.1) is 0 Å². The highest BCUT2D eigenvalue weighted by Gasteiger charge is 2.21.